The molecule has 4 aromatic rings. The summed E-state index contributed by atoms with van der Waals surface area (Å²) in [6, 6.07) is 23.7. The van der Waals surface area contributed by atoms with Crippen molar-refractivity contribution in [2.45, 2.75) is 20.8 Å². The number of nitrogens with zero attached hydrogens (tertiary/aromatic N) is 3. The Morgan fingerprint density at radius 1 is 1.00 bits per heavy atom. The molecule has 0 fully saturated rings. The molecule has 1 heterocycles. The van der Waals surface area contributed by atoms with Gasteiger partial charge in [0, 0.05) is 17.3 Å². The number of amides is 1. The van der Waals surface area contributed by atoms with Crippen LogP contribution in [0.3, 0.4) is 0 Å². The molecule has 33 heavy (non-hydrogen) atoms. The fourth-order valence-corrected chi connectivity index (χ4v) is 3.29. The van der Waals surface area contributed by atoms with Crippen molar-refractivity contribution >= 4 is 12.1 Å². The summed E-state index contributed by atoms with van der Waals surface area (Å²) in [6.45, 7) is 5.97. The van der Waals surface area contributed by atoms with E-state index in [1.165, 1.54) is 11.1 Å². The van der Waals surface area contributed by atoms with Crippen LogP contribution in [0.25, 0.3) is 16.9 Å². The van der Waals surface area contributed by atoms with Crippen molar-refractivity contribution in [3.8, 4) is 22.7 Å². The average Bonchev–Trinajstić information content (AvgIpc) is 3.25. The Kier molecular flexibility index (Phi) is 6.64. The van der Waals surface area contributed by atoms with Gasteiger partial charge < -0.3 is 4.74 Å². The van der Waals surface area contributed by atoms with Crippen LogP contribution in [0.4, 0.5) is 0 Å². The summed E-state index contributed by atoms with van der Waals surface area (Å²) in [7, 11) is 0. The molecule has 0 atom stereocenters. The van der Waals surface area contributed by atoms with Gasteiger partial charge in [0.1, 0.15) is 11.4 Å². The molecule has 0 saturated heterocycles. The molecule has 1 N–H and O–H groups in total. The van der Waals surface area contributed by atoms with Gasteiger partial charge in [-0.3, -0.25) is 4.79 Å². The Balaban J connectivity index is 1.48. The number of benzene rings is 3. The van der Waals surface area contributed by atoms with Gasteiger partial charge in [0.15, 0.2) is 6.61 Å². The smallest absolute Gasteiger partial charge is 0.277 e. The largest absolute Gasteiger partial charge is 0.484 e. The van der Waals surface area contributed by atoms with Gasteiger partial charge >= 0.3 is 0 Å². The lowest BCUT2D eigenvalue weighted by atomic mass is 10.1. The van der Waals surface area contributed by atoms with Gasteiger partial charge in [0.2, 0.25) is 0 Å². The molecule has 1 aromatic heterocycles. The molecule has 6 nitrogen and oxygen atoms in total. The van der Waals surface area contributed by atoms with Crippen LogP contribution in [0, 0.1) is 20.8 Å². The zero-order valence-corrected chi connectivity index (χ0v) is 18.9. The summed E-state index contributed by atoms with van der Waals surface area (Å²) in [5.74, 6) is 0.319. The van der Waals surface area contributed by atoms with Crippen molar-refractivity contribution < 1.29 is 9.53 Å². The van der Waals surface area contributed by atoms with Crippen LogP contribution in [-0.4, -0.2) is 28.5 Å². The number of hydrogen-bond donors (Lipinski definition) is 1. The van der Waals surface area contributed by atoms with Crippen molar-refractivity contribution in [2.24, 2.45) is 5.10 Å². The van der Waals surface area contributed by atoms with E-state index >= 15 is 0 Å². The maximum Gasteiger partial charge on any atom is 0.277 e. The number of carbonyl (C=O) groups is 1. The first-order chi connectivity index (χ1) is 16.0. The van der Waals surface area contributed by atoms with Gasteiger partial charge in [0.05, 0.1) is 11.9 Å². The second-order valence-electron chi connectivity index (χ2n) is 7.91. The monoisotopic (exact) mass is 438 g/mol. The zero-order chi connectivity index (χ0) is 23.2. The van der Waals surface area contributed by atoms with E-state index in [-0.39, 0.29) is 12.5 Å². The van der Waals surface area contributed by atoms with Gasteiger partial charge in [-0.2, -0.15) is 10.2 Å². The van der Waals surface area contributed by atoms with E-state index in [4.69, 9.17) is 9.84 Å². The highest BCUT2D eigenvalue weighted by Crippen LogP contribution is 2.23. The Labute approximate surface area is 193 Å². The number of rotatable bonds is 7. The Morgan fingerprint density at radius 3 is 2.48 bits per heavy atom. The van der Waals surface area contributed by atoms with Gasteiger partial charge in [-0.1, -0.05) is 54.1 Å². The number of aryl methyl sites for hydroxylation is 3. The summed E-state index contributed by atoms with van der Waals surface area (Å²) < 4.78 is 7.38. The molecule has 0 unspecified atom stereocenters. The van der Waals surface area contributed by atoms with E-state index in [1.54, 1.807) is 10.9 Å². The molecule has 0 radical (unpaired) electrons. The van der Waals surface area contributed by atoms with Crippen molar-refractivity contribution in [3.05, 3.63) is 101 Å². The van der Waals surface area contributed by atoms with Crippen LogP contribution in [-0.2, 0) is 4.79 Å². The van der Waals surface area contributed by atoms with Crippen molar-refractivity contribution in [3.63, 3.8) is 0 Å². The molecule has 4 rings (SSSR count). The number of ether oxygens (including phenoxy) is 1. The number of hydrogen-bond acceptors (Lipinski definition) is 4. The zero-order valence-electron chi connectivity index (χ0n) is 18.9. The van der Waals surface area contributed by atoms with Crippen molar-refractivity contribution in [2.75, 3.05) is 6.61 Å². The van der Waals surface area contributed by atoms with Gasteiger partial charge in [-0.15, -0.1) is 0 Å². The maximum absolute atomic E-state index is 12.2. The molecule has 0 saturated carbocycles. The highest BCUT2D eigenvalue weighted by atomic mass is 16.5. The number of carbonyl (C=O) groups excluding carboxylic acids is 1. The third-order valence-electron chi connectivity index (χ3n) is 5.33. The lowest BCUT2D eigenvalue weighted by molar-refractivity contribution is -0.123. The minimum atomic E-state index is -0.336. The molecule has 1 amide bonds. The van der Waals surface area contributed by atoms with Gasteiger partial charge in [-0.05, 0) is 56.2 Å². The lowest BCUT2D eigenvalue weighted by Crippen LogP contribution is -2.24. The Hall–Kier alpha value is -4.19. The highest BCUT2D eigenvalue weighted by Gasteiger charge is 2.11. The Bertz CT molecular complexity index is 1280. The van der Waals surface area contributed by atoms with E-state index in [1.807, 2.05) is 99.8 Å². The molecular weight excluding hydrogens is 412 g/mol. The van der Waals surface area contributed by atoms with Gasteiger partial charge in [-0.25, -0.2) is 10.1 Å². The first-order valence-corrected chi connectivity index (χ1v) is 10.7. The predicted molar refractivity (Wildman–Crippen MR) is 131 cm³/mol. The summed E-state index contributed by atoms with van der Waals surface area (Å²) in [4.78, 5) is 12.2. The molecule has 0 aliphatic rings. The standard InChI is InChI=1S/C27H26N4O2/c1-19-9-12-22(13-10-19)27-23(17-31(30-27)24-7-5-4-6-8-24)16-28-29-26(32)18-33-25-14-11-20(2)21(3)15-25/h4-17H,18H2,1-3H3,(H,29,32). The number of nitrogens with one attached hydrogen (secondary N) is 1. The maximum atomic E-state index is 12.2. The molecule has 0 aliphatic heterocycles. The minimum absolute atomic E-state index is 0.117. The molecule has 166 valence electrons. The number of para-hydroxylation sites is 1. The fraction of sp³-hybridized carbons (Fsp3) is 0.148. The first-order valence-electron chi connectivity index (χ1n) is 10.7. The van der Waals surface area contributed by atoms with E-state index in [2.05, 4.69) is 10.5 Å². The van der Waals surface area contributed by atoms with Crippen LogP contribution in [0.15, 0.2) is 84.1 Å². The molecule has 3 aromatic carbocycles. The minimum Gasteiger partial charge on any atom is -0.484 e. The summed E-state index contributed by atoms with van der Waals surface area (Å²) in [6.07, 6.45) is 3.50. The van der Waals surface area contributed by atoms with E-state index in [0.717, 1.165) is 28.1 Å². The topological polar surface area (TPSA) is 68.5 Å². The molecule has 0 bridgehead atoms. The van der Waals surface area contributed by atoms with Crippen LogP contribution in [0.1, 0.15) is 22.3 Å². The third-order valence-corrected chi connectivity index (χ3v) is 5.33. The first kappa shape index (κ1) is 22.0. The number of aromatic nitrogens is 2. The average molecular weight is 439 g/mol. The Morgan fingerprint density at radius 2 is 1.76 bits per heavy atom. The lowest BCUT2D eigenvalue weighted by Gasteiger charge is -2.07. The molecular formula is C27H26N4O2. The normalized spacial score (nSPS) is 11.0. The van der Waals surface area contributed by atoms with E-state index < -0.39 is 0 Å². The summed E-state index contributed by atoms with van der Waals surface area (Å²) in [5.41, 5.74) is 9.48. The van der Waals surface area contributed by atoms with Crippen LogP contribution >= 0.6 is 0 Å². The summed E-state index contributed by atoms with van der Waals surface area (Å²) >= 11 is 0. The van der Waals surface area contributed by atoms with Crippen molar-refractivity contribution in [1.82, 2.24) is 15.2 Å². The predicted octanol–water partition coefficient (Wildman–Crippen LogP) is 4.99. The second-order valence-corrected chi connectivity index (χ2v) is 7.91. The molecule has 6 heteroatoms. The van der Waals surface area contributed by atoms with Crippen LogP contribution in [0.5, 0.6) is 5.75 Å². The third kappa shape index (κ3) is 5.54. The quantitative estimate of drug-likeness (QED) is 0.326. The highest BCUT2D eigenvalue weighted by molar-refractivity contribution is 5.89. The fourth-order valence-electron chi connectivity index (χ4n) is 3.29. The summed E-state index contributed by atoms with van der Waals surface area (Å²) in [5, 5.41) is 8.90. The van der Waals surface area contributed by atoms with E-state index in [0.29, 0.717) is 5.75 Å². The SMILES string of the molecule is Cc1ccc(-c2nn(-c3ccccc3)cc2C=NNC(=O)COc2ccc(C)c(C)c2)cc1. The number of hydrazone groups is 1. The van der Waals surface area contributed by atoms with Gasteiger partial charge in [0.25, 0.3) is 5.91 Å². The van der Waals surface area contributed by atoms with Crippen molar-refractivity contribution in [1.29, 1.82) is 0 Å². The molecule has 0 aliphatic carbocycles. The molecule has 0 spiro atoms. The second kappa shape index (κ2) is 9.96. The van der Waals surface area contributed by atoms with Crippen LogP contribution in [0.2, 0.25) is 0 Å². The van der Waals surface area contributed by atoms with Crippen LogP contribution < -0.4 is 10.2 Å². The van der Waals surface area contributed by atoms with E-state index in [9.17, 15) is 4.79 Å².